The van der Waals surface area contributed by atoms with Crippen molar-refractivity contribution in [3.8, 4) is 0 Å². The van der Waals surface area contributed by atoms with E-state index < -0.39 is 0 Å². The number of carbonyl (C=O) groups excluding carboxylic acids is 1. The summed E-state index contributed by atoms with van der Waals surface area (Å²) in [5.41, 5.74) is 2.77. The van der Waals surface area contributed by atoms with Crippen LogP contribution in [0.4, 0.5) is 0 Å². The molecule has 1 fully saturated rings. The number of likely N-dealkylation sites (tertiary alicyclic amines) is 1. The summed E-state index contributed by atoms with van der Waals surface area (Å²) in [6.45, 7) is 0.916. The number of hydrogen-bond acceptors (Lipinski definition) is 2. The Labute approximate surface area is 142 Å². The Balaban J connectivity index is 1.51. The highest BCUT2D eigenvalue weighted by Crippen LogP contribution is 2.32. The normalized spacial score (nSPS) is 20.5. The molecule has 120 valence electrons. The van der Waals surface area contributed by atoms with Crippen LogP contribution in [0.25, 0.3) is 0 Å². The van der Waals surface area contributed by atoms with Crippen molar-refractivity contribution in [3.63, 3.8) is 0 Å². The van der Waals surface area contributed by atoms with Gasteiger partial charge in [0.15, 0.2) is 0 Å². The van der Waals surface area contributed by atoms with Gasteiger partial charge in [0.05, 0.1) is 4.88 Å². The van der Waals surface area contributed by atoms with Gasteiger partial charge < -0.3 is 4.90 Å². The fourth-order valence-electron chi connectivity index (χ4n) is 3.94. The Morgan fingerprint density at radius 1 is 1.13 bits per heavy atom. The van der Waals surface area contributed by atoms with E-state index >= 15 is 0 Å². The third kappa shape index (κ3) is 3.07. The molecule has 1 atom stereocenters. The van der Waals surface area contributed by atoms with Gasteiger partial charge >= 0.3 is 0 Å². The summed E-state index contributed by atoms with van der Waals surface area (Å²) in [6.07, 6.45) is 8.13. The fourth-order valence-corrected chi connectivity index (χ4v) is 5.15. The summed E-state index contributed by atoms with van der Waals surface area (Å²) in [5, 5.41) is 0. The Kier molecular flexibility index (Phi) is 4.21. The Bertz CT molecular complexity index is 667. The van der Waals surface area contributed by atoms with E-state index in [2.05, 4.69) is 41.3 Å². The zero-order valence-corrected chi connectivity index (χ0v) is 14.3. The molecular formula is C20H23NOS. The predicted molar refractivity (Wildman–Crippen MR) is 95.2 cm³/mol. The molecule has 4 rings (SSSR count). The molecule has 23 heavy (non-hydrogen) atoms. The van der Waals surface area contributed by atoms with Crippen LogP contribution in [0, 0.1) is 0 Å². The number of fused-ring (bicyclic) bond motifs is 1. The smallest absolute Gasteiger partial charge is 0.264 e. The summed E-state index contributed by atoms with van der Waals surface area (Å²) in [5.74, 6) is 0.267. The van der Waals surface area contributed by atoms with Gasteiger partial charge in [0.1, 0.15) is 0 Å². The first-order chi connectivity index (χ1) is 11.3. The molecule has 1 unspecified atom stereocenters. The lowest BCUT2D eigenvalue weighted by Crippen LogP contribution is -2.36. The van der Waals surface area contributed by atoms with Crippen LogP contribution in [0.1, 0.15) is 51.4 Å². The zero-order valence-electron chi connectivity index (χ0n) is 13.5. The van der Waals surface area contributed by atoms with E-state index in [-0.39, 0.29) is 5.91 Å². The average Bonchev–Trinajstić information content (AvgIpc) is 3.21. The van der Waals surface area contributed by atoms with Crippen molar-refractivity contribution in [1.29, 1.82) is 0 Å². The monoisotopic (exact) mass is 325 g/mol. The standard InChI is InChI=1S/C20H23NOS/c22-20(19-14-16-9-4-5-11-18(16)23-19)21-12-6-10-17(21)13-15-7-2-1-3-8-15/h1-3,7-8,14,17H,4-6,9-13H2. The number of hydrogen-bond donors (Lipinski definition) is 0. The second kappa shape index (κ2) is 6.48. The SMILES string of the molecule is O=C(c1cc2c(s1)CCCC2)N1CCCC1Cc1ccccc1. The van der Waals surface area contributed by atoms with Crippen molar-refractivity contribution in [2.45, 2.75) is 51.0 Å². The minimum Gasteiger partial charge on any atom is -0.335 e. The minimum atomic E-state index is 0.267. The first-order valence-electron chi connectivity index (χ1n) is 8.78. The van der Waals surface area contributed by atoms with Crippen LogP contribution < -0.4 is 0 Å². The zero-order chi connectivity index (χ0) is 15.6. The number of nitrogens with zero attached hydrogens (tertiary/aromatic N) is 1. The van der Waals surface area contributed by atoms with Crippen molar-refractivity contribution < 1.29 is 4.79 Å². The maximum atomic E-state index is 13.0. The lowest BCUT2D eigenvalue weighted by atomic mass is 9.99. The summed E-state index contributed by atoms with van der Waals surface area (Å²) in [6, 6.07) is 13.1. The van der Waals surface area contributed by atoms with Gasteiger partial charge in [-0.2, -0.15) is 0 Å². The molecule has 0 spiro atoms. The van der Waals surface area contributed by atoms with Gasteiger partial charge in [0.2, 0.25) is 0 Å². The molecule has 1 aliphatic heterocycles. The van der Waals surface area contributed by atoms with Gasteiger partial charge in [0, 0.05) is 17.5 Å². The number of thiophene rings is 1. The molecular weight excluding hydrogens is 302 g/mol. The average molecular weight is 325 g/mol. The molecule has 0 bridgehead atoms. The van der Waals surface area contributed by atoms with Crippen LogP contribution in [0.5, 0.6) is 0 Å². The molecule has 2 heterocycles. The molecule has 1 amide bonds. The lowest BCUT2D eigenvalue weighted by Gasteiger charge is -2.24. The first kappa shape index (κ1) is 14.9. The van der Waals surface area contributed by atoms with E-state index in [1.54, 1.807) is 11.3 Å². The molecule has 2 aliphatic rings. The van der Waals surface area contributed by atoms with Crippen molar-refractivity contribution in [2.24, 2.45) is 0 Å². The van der Waals surface area contributed by atoms with Crippen LogP contribution in [-0.4, -0.2) is 23.4 Å². The van der Waals surface area contributed by atoms with Crippen molar-refractivity contribution in [3.05, 3.63) is 57.3 Å². The molecule has 1 aliphatic carbocycles. The second-order valence-corrected chi connectivity index (χ2v) is 7.89. The van der Waals surface area contributed by atoms with Crippen molar-refractivity contribution in [2.75, 3.05) is 6.54 Å². The summed E-state index contributed by atoms with van der Waals surface area (Å²) in [7, 11) is 0. The van der Waals surface area contributed by atoms with E-state index in [0.29, 0.717) is 6.04 Å². The Morgan fingerprint density at radius 3 is 2.78 bits per heavy atom. The van der Waals surface area contributed by atoms with Gasteiger partial charge in [-0.3, -0.25) is 4.79 Å². The summed E-state index contributed by atoms with van der Waals surface area (Å²) in [4.78, 5) is 17.6. The summed E-state index contributed by atoms with van der Waals surface area (Å²) < 4.78 is 0. The highest BCUT2D eigenvalue weighted by atomic mass is 32.1. The molecule has 2 aromatic rings. The van der Waals surface area contributed by atoms with Crippen LogP contribution in [0.15, 0.2) is 36.4 Å². The predicted octanol–water partition coefficient (Wildman–Crippen LogP) is 4.47. The van der Waals surface area contributed by atoms with Crippen molar-refractivity contribution in [1.82, 2.24) is 4.90 Å². The number of rotatable bonds is 3. The third-order valence-corrected chi connectivity index (χ3v) is 6.38. The third-order valence-electron chi connectivity index (χ3n) is 5.16. The van der Waals surface area contributed by atoms with Gasteiger partial charge in [0.25, 0.3) is 5.91 Å². The summed E-state index contributed by atoms with van der Waals surface area (Å²) >= 11 is 1.75. The fraction of sp³-hybridized carbons (Fsp3) is 0.450. The van der Waals surface area contributed by atoms with E-state index in [1.165, 1.54) is 35.3 Å². The minimum absolute atomic E-state index is 0.267. The molecule has 3 heteroatoms. The molecule has 2 nitrogen and oxygen atoms in total. The number of benzene rings is 1. The highest BCUT2D eigenvalue weighted by molar-refractivity contribution is 7.14. The van der Waals surface area contributed by atoms with Crippen LogP contribution in [-0.2, 0) is 19.3 Å². The lowest BCUT2D eigenvalue weighted by molar-refractivity contribution is 0.0741. The van der Waals surface area contributed by atoms with Gasteiger partial charge in [-0.05, 0) is 62.1 Å². The molecule has 1 saturated heterocycles. The number of aryl methyl sites for hydroxylation is 2. The van der Waals surface area contributed by atoms with Crippen LogP contribution in [0.3, 0.4) is 0 Å². The Morgan fingerprint density at radius 2 is 1.96 bits per heavy atom. The number of carbonyl (C=O) groups is 1. The van der Waals surface area contributed by atoms with Gasteiger partial charge in [-0.15, -0.1) is 11.3 Å². The largest absolute Gasteiger partial charge is 0.335 e. The first-order valence-corrected chi connectivity index (χ1v) is 9.59. The molecule has 0 radical (unpaired) electrons. The van der Waals surface area contributed by atoms with E-state index in [4.69, 9.17) is 0 Å². The van der Waals surface area contributed by atoms with E-state index in [1.807, 2.05) is 0 Å². The maximum Gasteiger partial charge on any atom is 0.264 e. The van der Waals surface area contributed by atoms with Gasteiger partial charge in [-0.1, -0.05) is 30.3 Å². The molecule has 0 saturated carbocycles. The number of amides is 1. The molecule has 1 aromatic carbocycles. The maximum absolute atomic E-state index is 13.0. The second-order valence-electron chi connectivity index (χ2n) is 6.75. The van der Waals surface area contributed by atoms with Crippen molar-refractivity contribution >= 4 is 17.2 Å². The molecule has 1 aromatic heterocycles. The quantitative estimate of drug-likeness (QED) is 0.815. The Hall–Kier alpha value is -1.61. The van der Waals surface area contributed by atoms with Gasteiger partial charge in [-0.25, -0.2) is 0 Å². The van der Waals surface area contributed by atoms with Crippen LogP contribution >= 0.6 is 11.3 Å². The highest BCUT2D eigenvalue weighted by Gasteiger charge is 2.31. The molecule has 0 N–H and O–H groups in total. The van der Waals surface area contributed by atoms with Crippen LogP contribution in [0.2, 0.25) is 0 Å². The topological polar surface area (TPSA) is 20.3 Å². The van der Waals surface area contributed by atoms with E-state index in [0.717, 1.165) is 37.1 Å². The van der Waals surface area contributed by atoms with E-state index in [9.17, 15) is 4.79 Å².